The third-order valence-electron chi connectivity index (χ3n) is 6.14. The number of fused-ring (bicyclic) bond motifs is 1. The van der Waals surface area contributed by atoms with Crippen molar-refractivity contribution in [1.29, 1.82) is 0 Å². The first-order valence-corrected chi connectivity index (χ1v) is 12.2. The zero-order valence-corrected chi connectivity index (χ0v) is 19.5. The minimum Gasteiger partial charge on any atom is -0.339 e. The smallest absolute Gasteiger partial charge is 0.265 e. The molecule has 5 rings (SSSR count). The van der Waals surface area contributed by atoms with E-state index < -0.39 is 0 Å². The standard InChI is InChI=1S/C28H26N2O2S/c1-20-8-10-22(11-9-20)19-30-24-6-2-3-7-25(24)33-26(28(30)32)18-21-12-14-23(15-13-21)27(31)29-16-4-5-17-29/h2-3,6-15,18H,4-5,16-17,19H2,1H3/b26-18+. The monoisotopic (exact) mass is 454 g/mol. The van der Waals surface area contributed by atoms with Gasteiger partial charge < -0.3 is 9.80 Å². The summed E-state index contributed by atoms with van der Waals surface area (Å²) in [5.74, 6) is 0.0875. The Hall–Kier alpha value is -3.31. The van der Waals surface area contributed by atoms with E-state index in [1.165, 1.54) is 17.3 Å². The molecule has 2 heterocycles. The summed E-state index contributed by atoms with van der Waals surface area (Å²) >= 11 is 1.50. The fraction of sp³-hybridized carbons (Fsp3) is 0.214. The van der Waals surface area contributed by atoms with E-state index in [4.69, 9.17) is 0 Å². The number of hydrogen-bond donors (Lipinski definition) is 0. The van der Waals surface area contributed by atoms with Gasteiger partial charge in [-0.2, -0.15) is 0 Å². The lowest BCUT2D eigenvalue weighted by Crippen LogP contribution is -2.33. The van der Waals surface area contributed by atoms with Crippen molar-refractivity contribution in [3.8, 4) is 0 Å². The third-order valence-corrected chi connectivity index (χ3v) is 7.22. The van der Waals surface area contributed by atoms with E-state index in [1.807, 2.05) is 58.3 Å². The number of rotatable bonds is 4. The van der Waals surface area contributed by atoms with Crippen molar-refractivity contribution in [3.63, 3.8) is 0 Å². The molecule has 0 unspecified atom stereocenters. The summed E-state index contributed by atoms with van der Waals surface area (Å²) in [6, 6.07) is 23.9. The Morgan fingerprint density at radius 1 is 0.939 bits per heavy atom. The van der Waals surface area contributed by atoms with Gasteiger partial charge in [-0.1, -0.05) is 65.9 Å². The molecule has 1 saturated heterocycles. The number of aryl methyl sites for hydroxylation is 1. The number of benzene rings is 3. The van der Waals surface area contributed by atoms with Gasteiger partial charge in [-0.3, -0.25) is 9.59 Å². The predicted molar refractivity (Wildman–Crippen MR) is 134 cm³/mol. The van der Waals surface area contributed by atoms with Crippen molar-refractivity contribution in [2.75, 3.05) is 18.0 Å². The van der Waals surface area contributed by atoms with Crippen LogP contribution in [-0.2, 0) is 11.3 Å². The molecule has 1 fully saturated rings. The van der Waals surface area contributed by atoms with Gasteiger partial charge in [0.2, 0.25) is 0 Å². The van der Waals surface area contributed by atoms with Gasteiger partial charge in [-0.05, 0) is 61.2 Å². The van der Waals surface area contributed by atoms with Crippen LogP contribution in [0.1, 0.15) is 39.9 Å². The number of amides is 2. The normalized spacial score (nSPS) is 16.9. The van der Waals surface area contributed by atoms with Crippen molar-refractivity contribution in [3.05, 3.63) is 100.0 Å². The summed E-state index contributed by atoms with van der Waals surface area (Å²) in [7, 11) is 0. The second-order valence-corrected chi connectivity index (χ2v) is 9.66. The van der Waals surface area contributed by atoms with E-state index in [0.717, 1.165) is 47.6 Å². The predicted octanol–water partition coefficient (Wildman–Crippen LogP) is 5.91. The lowest BCUT2D eigenvalue weighted by atomic mass is 10.1. The highest BCUT2D eigenvalue weighted by Gasteiger charge is 2.29. The number of hydrogen-bond acceptors (Lipinski definition) is 3. The van der Waals surface area contributed by atoms with E-state index in [0.29, 0.717) is 17.0 Å². The molecule has 2 amide bonds. The van der Waals surface area contributed by atoms with Crippen LogP contribution in [0.5, 0.6) is 0 Å². The highest BCUT2D eigenvalue weighted by Crippen LogP contribution is 2.42. The molecule has 4 nitrogen and oxygen atoms in total. The quantitative estimate of drug-likeness (QED) is 0.460. The van der Waals surface area contributed by atoms with Crippen LogP contribution in [0.2, 0.25) is 0 Å². The molecule has 166 valence electrons. The molecule has 5 heteroatoms. The fourth-order valence-electron chi connectivity index (χ4n) is 4.27. The number of carbonyl (C=O) groups is 2. The third kappa shape index (κ3) is 4.60. The SMILES string of the molecule is Cc1ccc(CN2C(=O)/C(=C\c3ccc(C(=O)N4CCCC4)cc3)Sc3ccccc32)cc1. The lowest BCUT2D eigenvalue weighted by Gasteiger charge is -2.30. The lowest BCUT2D eigenvalue weighted by molar-refractivity contribution is -0.114. The highest BCUT2D eigenvalue weighted by molar-refractivity contribution is 8.04. The van der Waals surface area contributed by atoms with Crippen LogP contribution < -0.4 is 4.90 Å². The van der Waals surface area contributed by atoms with Gasteiger partial charge in [-0.25, -0.2) is 0 Å². The summed E-state index contributed by atoms with van der Waals surface area (Å²) in [4.78, 5) is 31.6. The van der Waals surface area contributed by atoms with Crippen LogP contribution in [0, 0.1) is 6.92 Å². The Bertz CT molecular complexity index is 1210. The fourth-order valence-corrected chi connectivity index (χ4v) is 5.33. The molecule has 0 aromatic heterocycles. The van der Waals surface area contributed by atoms with Crippen LogP contribution >= 0.6 is 11.8 Å². The average molecular weight is 455 g/mol. The molecular weight excluding hydrogens is 428 g/mol. The van der Waals surface area contributed by atoms with Crippen molar-refractivity contribution < 1.29 is 9.59 Å². The minimum atomic E-state index is -0.00325. The molecule has 0 atom stereocenters. The van der Waals surface area contributed by atoms with Gasteiger partial charge in [0.25, 0.3) is 11.8 Å². The molecule has 2 aliphatic heterocycles. The van der Waals surface area contributed by atoms with Crippen molar-refractivity contribution in [2.24, 2.45) is 0 Å². The van der Waals surface area contributed by atoms with E-state index in [1.54, 1.807) is 0 Å². The van der Waals surface area contributed by atoms with Crippen LogP contribution in [-0.4, -0.2) is 29.8 Å². The van der Waals surface area contributed by atoms with Crippen LogP contribution in [0.25, 0.3) is 6.08 Å². The minimum absolute atomic E-state index is 0.00325. The van der Waals surface area contributed by atoms with Gasteiger partial charge in [0, 0.05) is 23.5 Å². The Labute approximate surface area is 198 Å². The first kappa shape index (κ1) is 21.5. The summed E-state index contributed by atoms with van der Waals surface area (Å²) < 4.78 is 0. The van der Waals surface area contributed by atoms with E-state index >= 15 is 0 Å². The number of thioether (sulfide) groups is 1. The first-order chi connectivity index (χ1) is 16.1. The van der Waals surface area contributed by atoms with E-state index in [2.05, 4.69) is 37.3 Å². The second-order valence-electron chi connectivity index (χ2n) is 8.58. The summed E-state index contributed by atoms with van der Waals surface area (Å²) in [6.45, 7) is 4.27. The Balaban J connectivity index is 1.41. The zero-order valence-electron chi connectivity index (χ0n) is 18.7. The molecule has 0 saturated carbocycles. The molecular formula is C28H26N2O2S. The number of nitrogens with zero attached hydrogens (tertiary/aromatic N) is 2. The highest BCUT2D eigenvalue weighted by atomic mass is 32.2. The molecule has 0 aliphatic carbocycles. The molecule has 0 spiro atoms. The maximum absolute atomic E-state index is 13.5. The van der Waals surface area contributed by atoms with Crippen molar-refractivity contribution in [2.45, 2.75) is 31.2 Å². The van der Waals surface area contributed by atoms with Crippen LogP contribution in [0.4, 0.5) is 5.69 Å². The molecule has 3 aromatic carbocycles. The Kier molecular flexibility index (Phi) is 6.05. The summed E-state index contributed by atoms with van der Waals surface area (Å²) in [5.41, 5.74) is 4.86. The maximum Gasteiger partial charge on any atom is 0.265 e. The van der Waals surface area contributed by atoms with Crippen LogP contribution in [0.3, 0.4) is 0 Å². The number of carbonyl (C=O) groups excluding carboxylic acids is 2. The van der Waals surface area contributed by atoms with Gasteiger partial charge in [0.05, 0.1) is 17.1 Å². The van der Waals surface area contributed by atoms with Gasteiger partial charge in [0.1, 0.15) is 0 Å². The average Bonchev–Trinajstić information content (AvgIpc) is 3.38. The number of para-hydroxylation sites is 1. The van der Waals surface area contributed by atoms with E-state index in [-0.39, 0.29) is 11.8 Å². The Morgan fingerprint density at radius 3 is 2.36 bits per heavy atom. The number of likely N-dealkylation sites (tertiary alicyclic amines) is 1. The Morgan fingerprint density at radius 2 is 1.64 bits per heavy atom. The van der Waals surface area contributed by atoms with Gasteiger partial charge in [-0.15, -0.1) is 0 Å². The van der Waals surface area contributed by atoms with Gasteiger partial charge in [0.15, 0.2) is 0 Å². The molecule has 0 bridgehead atoms. The molecule has 2 aliphatic rings. The maximum atomic E-state index is 13.5. The second kappa shape index (κ2) is 9.28. The first-order valence-electron chi connectivity index (χ1n) is 11.3. The molecule has 0 radical (unpaired) electrons. The van der Waals surface area contributed by atoms with Gasteiger partial charge >= 0.3 is 0 Å². The van der Waals surface area contributed by atoms with Crippen molar-refractivity contribution in [1.82, 2.24) is 4.90 Å². The zero-order chi connectivity index (χ0) is 22.8. The van der Waals surface area contributed by atoms with Crippen LogP contribution in [0.15, 0.2) is 82.6 Å². The molecule has 33 heavy (non-hydrogen) atoms. The van der Waals surface area contributed by atoms with E-state index in [9.17, 15) is 9.59 Å². The summed E-state index contributed by atoms with van der Waals surface area (Å²) in [5, 5.41) is 0. The molecule has 3 aromatic rings. The largest absolute Gasteiger partial charge is 0.339 e. The van der Waals surface area contributed by atoms with Crippen molar-refractivity contribution >= 4 is 35.3 Å². The number of anilines is 1. The topological polar surface area (TPSA) is 40.6 Å². The summed E-state index contributed by atoms with van der Waals surface area (Å²) in [6.07, 6.45) is 4.08. The molecule has 0 N–H and O–H groups in total.